The number of aromatic nitrogens is 1. The van der Waals surface area contributed by atoms with Gasteiger partial charge in [-0.25, -0.2) is 0 Å². The number of hydrogen-bond acceptors (Lipinski definition) is 5. The van der Waals surface area contributed by atoms with Gasteiger partial charge in [0.2, 0.25) is 0 Å². The molecule has 1 N–H and O–H groups in total. The predicted molar refractivity (Wildman–Crippen MR) is 74.4 cm³/mol. The zero-order valence-corrected chi connectivity index (χ0v) is 12.1. The Morgan fingerprint density at radius 2 is 2.29 bits per heavy atom. The molecule has 2 saturated carbocycles. The van der Waals surface area contributed by atoms with Crippen molar-refractivity contribution in [2.75, 3.05) is 11.9 Å². The first-order chi connectivity index (χ1) is 10.1. The maximum absolute atomic E-state index is 11.8. The molecule has 21 heavy (non-hydrogen) atoms. The van der Waals surface area contributed by atoms with Gasteiger partial charge in [-0.1, -0.05) is 11.6 Å². The molecular weight excluding hydrogens is 272 g/mol. The van der Waals surface area contributed by atoms with Crippen LogP contribution in [-0.2, 0) is 14.3 Å². The van der Waals surface area contributed by atoms with Crippen LogP contribution in [0.1, 0.15) is 37.9 Å². The number of hydrogen-bond donors (Lipinski definition) is 1. The average molecular weight is 292 g/mol. The normalized spacial score (nSPS) is 26.8. The van der Waals surface area contributed by atoms with Gasteiger partial charge in [0.05, 0.1) is 0 Å². The van der Waals surface area contributed by atoms with Gasteiger partial charge in [-0.15, -0.1) is 0 Å². The maximum Gasteiger partial charge on any atom is 0.306 e. The zero-order chi connectivity index (χ0) is 14.8. The van der Waals surface area contributed by atoms with Crippen LogP contribution in [0.5, 0.6) is 0 Å². The lowest BCUT2D eigenvalue weighted by Gasteiger charge is -2.20. The highest BCUT2D eigenvalue weighted by atomic mass is 16.5. The smallest absolute Gasteiger partial charge is 0.306 e. The van der Waals surface area contributed by atoms with Gasteiger partial charge in [-0.2, -0.15) is 0 Å². The highest BCUT2D eigenvalue weighted by molar-refractivity contribution is 5.91. The molecule has 0 spiro atoms. The molecule has 6 nitrogen and oxygen atoms in total. The molecule has 114 valence electrons. The minimum Gasteiger partial charge on any atom is -0.456 e. The summed E-state index contributed by atoms with van der Waals surface area (Å²) in [5.74, 6) is 2.22. The molecule has 1 amide bonds. The average Bonchev–Trinajstić information content (AvgIpc) is 3.14. The van der Waals surface area contributed by atoms with Gasteiger partial charge < -0.3 is 14.6 Å². The fraction of sp³-hybridized carbons (Fsp3) is 0.667. The van der Waals surface area contributed by atoms with Gasteiger partial charge in [0.25, 0.3) is 5.91 Å². The van der Waals surface area contributed by atoms with Crippen LogP contribution in [0.15, 0.2) is 10.6 Å². The number of aryl methyl sites for hydroxylation is 1. The Hall–Kier alpha value is -1.85. The van der Waals surface area contributed by atoms with Gasteiger partial charge in [0, 0.05) is 12.5 Å². The molecule has 0 saturated heterocycles. The molecule has 1 aromatic rings. The van der Waals surface area contributed by atoms with E-state index in [0.29, 0.717) is 29.8 Å². The first-order valence-electron chi connectivity index (χ1n) is 7.49. The summed E-state index contributed by atoms with van der Waals surface area (Å²) in [5.41, 5.74) is 0. The van der Waals surface area contributed by atoms with Crippen molar-refractivity contribution in [3.63, 3.8) is 0 Å². The number of nitrogens with zero attached hydrogens (tertiary/aromatic N) is 1. The molecular formula is C15H20N2O4. The highest BCUT2D eigenvalue weighted by Crippen LogP contribution is 2.49. The number of rotatable bonds is 5. The molecule has 0 aliphatic heterocycles. The Morgan fingerprint density at radius 3 is 2.90 bits per heavy atom. The topological polar surface area (TPSA) is 81.4 Å². The summed E-state index contributed by atoms with van der Waals surface area (Å²) < 4.78 is 9.88. The van der Waals surface area contributed by atoms with Crippen LogP contribution in [-0.4, -0.2) is 23.6 Å². The van der Waals surface area contributed by atoms with Gasteiger partial charge >= 0.3 is 5.97 Å². The third-order valence-electron chi connectivity index (χ3n) is 4.57. The molecule has 0 unspecified atom stereocenters. The maximum atomic E-state index is 11.8. The van der Waals surface area contributed by atoms with Crippen LogP contribution < -0.4 is 5.32 Å². The van der Waals surface area contributed by atoms with Crippen LogP contribution >= 0.6 is 0 Å². The summed E-state index contributed by atoms with van der Waals surface area (Å²) in [6, 6.07) is 1.61. The molecule has 0 radical (unpaired) electrons. The second-order valence-corrected chi connectivity index (χ2v) is 6.17. The molecule has 3 rings (SSSR count). The molecule has 2 aliphatic carbocycles. The summed E-state index contributed by atoms with van der Waals surface area (Å²) in [4.78, 5) is 23.4. The first-order valence-corrected chi connectivity index (χ1v) is 7.49. The third kappa shape index (κ3) is 3.43. The zero-order valence-electron chi connectivity index (χ0n) is 12.1. The summed E-state index contributed by atoms with van der Waals surface area (Å²) in [7, 11) is 0. The van der Waals surface area contributed by atoms with Crippen molar-refractivity contribution in [3.05, 3.63) is 11.8 Å². The van der Waals surface area contributed by atoms with E-state index in [0.717, 1.165) is 12.3 Å². The minimum atomic E-state index is -0.399. The largest absolute Gasteiger partial charge is 0.456 e. The van der Waals surface area contributed by atoms with E-state index in [2.05, 4.69) is 10.5 Å². The van der Waals surface area contributed by atoms with E-state index in [4.69, 9.17) is 9.26 Å². The lowest BCUT2D eigenvalue weighted by Crippen LogP contribution is -2.23. The van der Waals surface area contributed by atoms with Crippen molar-refractivity contribution in [3.8, 4) is 0 Å². The van der Waals surface area contributed by atoms with Crippen LogP contribution in [0.4, 0.5) is 5.82 Å². The van der Waals surface area contributed by atoms with Gasteiger partial charge in [-0.05, 0) is 43.9 Å². The van der Waals surface area contributed by atoms with Crippen LogP contribution in [0.25, 0.3) is 0 Å². The highest BCUT2D eigenvalue weighted by Gasteiger charge is 2.40. The van der Waals surface area contributed by atoms with Crippen molar-refractivity contribution < 1.29 is 18.8 Å². The van der Waals surface area contributed by atoms with E-state index >= 15 is 0 Å². The first kappa shape index (κ1) is 14.1. The Morgan fingerprint density at radius 1 is 1.43 bits per heavy atom. The SMILES string of the molecule is Cc1cc(NC(=O)COC(=O)C[C@@H]2C[C@@H]3CC[C@@H]2C3)no1. The Kier molecular flexibility index (Phi) is 3.94. The van der Waals surface area contributed by atoms with Crippen LogP contribution in [0.3, 0.4) is 0 Å². The molecule has 2 aliphatic rings. The number of carbonyl (C=O) groups excluding carboxylic acids is 2. The predicted octanol–water partition coefficient (Wildman–Crippen LogP) is 2.29. The second-order valence-electron chi connectivity index (χ2n) is 6.17. The Balaban J connectivity index is 1.38. The summed E-state index contributed by atoms with van der Waals surface area (Å²) in [5, 5.41) is 6.16. The molecule has 6 heteroatoms. The third-order valence-corrected chi connectivity index (χ3v) is 4.57. The Labute approximate surface area is 123 Å². The molecule has 1 heterocycles. The Bertz CT molecular complexity index is 540. The minimum absolute atomic E-state index is 0.272. The van der Waals surface area contributed by atoms with Gasteiger partial charge in [0.1, 0.15) is 5.76 Å². The van der Waals surface area contributed by atoms with Crippen LogP contribution in [0.2, 0.25) is 0 Å². The van der Waals surface area contributed by atoms with Crippen molar-refractivity contribution >= 4 is 17.7 Å². The second kappa shape index (κ2) is 5.87. The standard InChI is InChI=1S/C15H20N2O4/c1-9-4-13(17-21-9)16-14(18)8-20-15(19)7-12-6-10-2-3-11(12)5-10/h4,10-12H,2-3,5-8H2,1H3,(H,16,17,18)/t10-,11-,12+/m1/s1. The van der Waals surface area contributed by atoms with E-state index in [1.807, 2.05) is 0 Å². The summed E-state index contributed by atoms with van der Waals surface area (Å²) in [6.45, 7) is 1.46. The summed E-state index contributed by atoms with van der Waals surface area (Å²) >= 11 is 0. The van der Waals surface area contributed by atoms with Crippen molar-refractivity contribution in [1.82, 2.24) is 5.16 Å². The quantitative estimate of drug-likeness (QED) is 0.842. The lowest BCUT2D eigenvalue weighted by atomic mass is 9.86. The lowest BCUT2D eigenvalue weighted by molar-refractivity contribution is -0.148. The van der Waals surface area contributed by atoms with Crippen molar-refractivity contribution in [2.24, 2.45) is 17.8 Å². The monoisotopic (exact) mass is 292 g/mol. The number of fused-ring (bicyclic) bond motifs is 2. The van der Waals surface area contributed by atoms with Crippen molar-refractivity contribution in [1.29, 1.82) is 0 Å². The van der Waals surface area contributed by atoms with E-state index < -0.39 is 5.91 Å². The van der Waals surface area contributed by atoms with Crippen molar-refractivity contribution in [2.45, 2.75) is 39.0 Å². The number of ether oxygens (including phenoxy) is 1. The van der Waals surface area contributed by atoms with E-state index in [1.54, 1.807) is 13.0 Å². The number of nitrogens with one attached hydrogen (secondary N) is 1. The van der Waals surface area contributed by atoms with E-state index in [1.165, 1.54) is 19.3 Å². The number of amides is 1. The van der Waals surface area contributed by atoms with Gasteiger partial charge in [-0.3, -0.25) is 9.59 Å². The van der Waals surface area contributed by atoms with Crippen LogP contribution in [0, 0.1) is 24.7 Å². The molecule has 1 aromatic heterocycles. The molecule has 3 atom stereocenters. The fourth-order valence-corrected chi connectivity index (χ4v) is 3.65. The van der Waals surface area contributed by atoms with E-state index in [-0.39, 0.29) is 12.6 Å². The molecule has 0 aromatic carbocycles. The number of carbonyl (C=O) groups is 2. The summed E-state index contributed by atoms with van der Waals surface area (Å²) in [6.07, 6.45) is 5.41. The molecule has 2 bridgehead atoms. The number of esters is 1. The number of anilines is 1. The van der Waals surface area contributed by atoms with Gasteiger partial charge in [0.15, 0.2) is 12.4 Å². The molecule has 2 fully saturated rings. The van der Waals surface area contributed by atoms with E-state index in [9.17, 15) is 9.59 Å². The fourth-order valence-electron chi connectivity index (χ4n) is 3.65.